The SMILES string of the molecule is Oc1ccc(C(=CCP)c2ccc(O)cc2)cc1. The highest BCUT2D eigenvalue weighted by molar-refractivity contribution is 7.16. The molecule has 0 heterocycles. The largest absolute Gasteiger partial charge is 0.508 e. The van der Waals surface area contributed by atoms with Crippen LogP contribution >= 0.6 is 9.24 Å². The van der Waals surface area contributed by atoms with Crippen molar-refractivity contribution in [3.63, 3.8) is 0 Å². The molecule has 92 valence electrons. The third kappa shape index (κ3) is 2.91. The van der Waals surface area contributed by atoms with Crippen LogP contribution in [0.1, 0.15) is 11.1 Å². The van der Waals surface area contributed by atoms with Crippen LogP contribution in [0.4, 0.5) is 0 Å². The number of rotatable bonds is 3. The average molecular weight is 258 g/mol. The van der Waals surface area contributed by atoms with Crippen LogP contribution in [0.3, 0.4) is 0 Å². The van der Waals surface area contributed by atoms with Crippen molar-refractivity contribution in [2.45, 2.75) is 0 Å². The zero-order valence-electron chi connectivity index (χ0n) is 9.88. The van der Waals surface area contributed by atoms with Gasteiger partial charge in [0.1, 0.15) is 11.5 Å². The second kappa shape index (κ2) is 5.70. The summed E-state index contributed by atoms with van der Waals surface area (Å²) in [4.78, 5) is 0. The monoisotopic (exact) mass is 258 g/mol. The van der Waals surface area contributed by atoms with Crippen LogP contribution in [0.15, 0.2) is 54.6 Å². The molecule has 18 heavy (non-hydrogen) atoms. The lowest BCUT2D eigenvalue weighted by atomic mass is 9.97. The van der Waals surface area contributed by atoms with E-state index in [1.54, 1.807) is 24.3 Å². The molecule has 2 N–H and O–H groups in total. The Kier molecular flexibility index (Phi) is 4.01. The minimum atomic E-state index is 0.259. The summed E-state index contributed by atoms with van der Waals surface area (Å²) >= 11 is 0. The zero-order chi connectivity index (χ0) is 13.0. The van der Waals surface area contributed by atoms with E-state index < -0.39 is 0 Å². The van der Waals surface area contributed by atoms with E-state index in [0.717, 1.165) is 22.9 Å². The van der Waals surface area contributed by atoms with Crippen LogP contribution in [0.2, 0.25) is 0 Å². The first-order valence-corrected chi connectivity index (χ1v) is 6.51. The fourth-order valence-electron chi connectivity index (χ4n) is 1.80. The molecule has 0 saturated carbocycles. The van der Waals surface area contributed by atoms with Gasteiger partial charge in [-0.2, -0.15) is 0 Å². The molecule has 0 aromatic heterocycles. The Hall–Kier alpha value is -1.79. The average Bonchev–Trinajstić information content (AvgIpc) is 2.39. The summed E-state index contributed by atoms with van der Waals surface area (Å²) in [6.07, 6.45) is 2.94. The third-order valence-electron chi connectivity index (χ3n) is 2.68. The van der Waals surface area contributed by atoms with E-state index in [0.29, 0.717) is 0 Å². The number of hydrogen-bond acceptors (Lipinski definition) is 2. The maximum absolute atomic E-state index is 9.32. The second-order valence-electron chi connectivity index (χ2n) is 3.95. The standard InChI is InChI=1S/C15H15O2P/c16-13-5-1-11(2-6-13)15(9-10-18)12-3-7-14(17)8-4-12/h1-9,16-17H,10,18H2. The summed E-state index contributed by atoms with van der Waals surface area (Å²) in [5, 5.41) is 18.6. The van der Waals surface area contributed by atoms with Gasteiger partial charge in [0.25, 0.3) is 0 Å². The molecule has 3 heteroatoms. The van der Waals surface area contributed by atoms with Gasteiger partial charge < -0.3 is 10.2 Å². The first-order chi connectivity index (χ1) is 8.70. The van der Waals surface area contributed by atoms with E-state index in [2.05, 4.69) is 15.3 Å². The van der Waals surface area contributed by atoms with Crippen LogP contribution < -0.4 is 0 Å². The quantitative estimate of drug-likeness (QED) is 0.828. The fourth-order valence-corrected chi connectivity index (χ4v) is 2.04. The summed E-state index contributed by atoms with van der Waals surface area (Å²) < 4.78 is 0. The lowest BCUT2D eigenvalue weighted by Gasteiger charge is -2.08. The number of phenols is 2. The molecule has 0 bridgehead atoms. The highest BCUT2D eigenvalue weighted by atomic mass is 31.0. The van der Waals surface area contributed by atoms with Gasteiger partial charge in [-0.05, 0) is 47.1 Å². The van der Waals surface area contributed by atoms with E-state index in [9.17, 15) is 10.2 Å². The number of hydrogen-bond donors (Lipinski definition) is 2. The van der Waals surface area contributed by atoms with E-state index in [1.807, 2.05) is 24.3 Å². The predicted octanol–water partition coefficient (Wildman–Crippen LogP) is 3.40. The van der Waals surface area contributed by atoms with Gasteiger partial charge in [0.15, 0.2) is 0 Å². The van der Waals surface area contributed by atoms with Gasteiger partial charge in [-0.25, -0.2) is 0 Å². The maximum Gasteiger partial charge on any atom is 0.115 e. The van der Waals surface area contributed by atoms with Crippen LogP contribution in [-0.4, -0.2) is 16.4 Å². The van der Waals surface area contributed by atoms with Crippen LogP contribution in [0, 0.1) is 0 Å². The Morgan fingerprint density at radius 1 is 0.833 bits per heavy atom. The first kappa shape index (κ1) is 12.7. The molecule has 0 saturated heterocycles. The van der Waals surface area contributed by atoms with Crippen molar-refractivity contribution in [2.24, 2.45) is 0 Å². The number of benzene rings is 2. The van der Waals surface area contributed by atoms with Crippen LogP contribution in [0.25, 0.3) is 5.57 Å². The van der Waals surface area contributed by atoms with Gasteiger partial charge in [0, 0.05) is 0 Å². The minimum absolute atomic E-state index is 0.259. The van der Waals surface area contributed by atoms with Crippen LogP contribution in [0.5, 0.6) is 11.5 Å². The van der Waals surface area contributed by atoms with Crippen molar-refractivity contribution in [1.29, 1.82) is 0 Å². The molecule has 0 spiro atoms. The van der Waals surface area contributed by atoms with Crippen molar-refractivity contribution in [1.82, 2.24) is 0 Å². The van der Waals surface area contributed by atoms with Gasteiger partial charge in [0.05, 0.1) is 0 Å². The van der Waals surface area contributed by atoms with E-state index in [-0.39, 0.29) is 11.5 Å². The topological polar surface area (TPSA) is 40.5 Å². The Morgan fingerprint density at radius 2 is 1.22 bits per heavy atom. The van der Waals surface area contributed by atoms with Crippen molar-refractivity contribution < 1.29 is 10.2 Å². The zero-order valence-corrected chi connectivity index (χ0v) is 11.0. The molecule has 0 aliphatic heterocycles. The van der Waals surface area contributed by atoms with Gasteiger partial charge in [-0.15, -0.1) is 9.24 Å². The lowest BCUT2D eigenvalue weighted by Crippen LogP contribution is -1.88. The van der Waals surface area contributed by atoms with Gasteiger partial charge >= 0.3 is 0 Å². The molecule has 1 atom stereocenters. The smallest absolute Gasteiger partial charge is 0.115 e. The summed E-state index contributed by atoms with van der Waals surface area (Å²) in [7, 11) is 2.67. The van der Waals surface area contributed by atoms with Crippen molar-refractivity contribution >= 4 is 14.8 Å². The molecular weight excluding hydrogens is 243 g/mol. The molecule has 2 aromatic rings. The van der Waals surface area contributed by atoms with E-state index in [4.69, 9.17) is 0 Å². The minimum Gasteiger partial charge on any atom is -0.508 e. The van der Waals surface area contributed by atoms with Gasteiger partial charge in [-0.3, -0.25) is 0 Å². The lowest BCUT2D eigenvalue weighted by molar-refractivity contribution is 0.475. The number of aromatic hydroxyl groups is 2. The molecule has 0 radical (unpaired) electrons. The molecule has 0 aliphatic rings. The Bertz CT molecular complexity index is 494. The molecular formula is C15H15O2P. The summed E-state index contributed by atoms with van der Waals surface area (Å²) in [5.74, 6) is 0.518. The molecule has 0 fully saturated rings. The van der Waals surface area contributed by atoms with Crippen molar-refractivity contribution in [3.05, 3.63) is 65.7 Å². The van der Waals surface area contributed by atoms with E-state index in [1.165, 1.54) is 0 Å². The maximum atomic E-state index is 9.32. The Morgan fingerprint density at radius 3 is 1.56 bits per heavy atom. The van der Waals surface area contributed by atoms with Gasteiger partial charge in [-0.1, -0.05) is 30.3 Å². The summed E-state index contributed by atoms with van der Waals surface area (Å²) in [6.45, 7) is 0. The Balaban J connectivity index is 2.43. The van der Waals surface area contributed by atoms with Crippen molar-refractivity contribution in [2.75, 3.05) is 6.16 Å². The fraction of sp³-hybridized carbons (Fsp3) is 0.0667. The molecule has 2 nitrogen and oxygen atoms in total. The number of phenolic OH excluding ortho intramolecular Hbond substituents is 2. The molecule has 2 rings (SSSR count). The van der Waals surface area contributed by atoms with Crippen LogP contribution in [-0.2, 0) is 0 Å². The molecule has 2 aromatic carbocycles. The van der Waals surface area contributed by atoms with E-state index >= 15 is 0 Å². The first-order valence-electron chi connectivity index (χ1n) is 5.70. The second-order valence-corrected chi connectivity index (χ2v) is 4.42. The summed E-state index contributed by atoms with van der Waals surface area (Å²) in [6, 6.07) is 14.2. The predicted molar refractivity (Wildman–Crippen MR) is 77.9 cm³/mol. The molecule has 1 unspecified atom stereocenters. The number of allylic oxidation sites excluding steroid dienone is 1. The normalized spacial score (nSPS) is 10.1. The highest BCUT2D eigenvalue weighted by Gasteiger charge is 2.04. The third-order valence-corrected chi connectivity index (χ3v) is 2.91. The highest BCUT2D eigenvalue weighted by Crippen LogP contribution is 2.26. The van der Waals surface area contributed by atoms with Gasteiger partial charge in [0.2, 0.25) is 0 Å². The molecule has 0 aliphatic carbocycles. The van der Waals surface area contributed by atoms with Crippen molar-refractivity contribution in [3.8, 4) is 11.5 Å². The summed E-state index contributed by atoms with van der Waals surface area (Å²) in [5.41, 5.74) is 3.17. The Labute approximate surface area is 109 Å². The molecule has 0 amide bonds.